The van der Waals surface area contributed by atoms with Crippen molar-refractivity contribution < 1.29 is 22.8 Å². The first-order chi connectivity index (χ1) is 15.4. The van der Waals surface area contributed by atoms with Crippen molar-refractivity contribution in [1.29, 1.82) is 0 Å². The zero-order valence-electron chi connectivity index (χ0n) is 18.5. The van der Waals surface area contributed by atoms with Gasteiger partial charge in [-0.25, -0.2) is 18.7 Å². The van der Waals surface area contributed by atoms with E-state index in [0.29, 0.717) is 19.4 Å². The number of aryl methyl sites for hydroxylation is 1. The Hall–Kier alpha value is -1.74. The van der Waals surface area contributed by atoms with Crippen molar-refractivity contribution >= 4 is 27.1 Å². The molecule has 0 spiro atoms. The number of hydroxylamine groups is 1. The first kappa shape index (κ1) is 23.4. The third-order valence-corrected chi connectivity index (χ3v) is 10.5. The minimum absolute atomic E-state index is 0.102. The van der Waals surface area contributed by atoms with Crippen LogP contribution >= 0.6 is 11.3 Å². The molecule has 8 heteroatoms. The Morgan fingerprint density at radius 2 is 1.97 bits per heavy atom. The highest BCUT2D eigenvalue weighted by Gasteiger charge is 2.49. The van der Waals surface area contributed by atoms with E-state index >= 15 is 0 Å². The fourth-order valence-electron chi connectivity index (χ4n) is 4.49. The third-order valence-electron chi connectivity index (χ3n) is 6.43. The van der Waals surface area contributed by atoms with Gasteiger partial charge in [-0.2, -0.15) is 0 Å². The number of hydrogen-bond acceptors (Lipinski definition) is 6. The van der Waals surface area contributed by atoms with E-state index in [1.54, 1.807) is 0 Å². The van der Waals surface area contributed by atoms with Gasteiger partial charge in [-0.1, -0.05) is 37.6 Å². The lowest BCUT2D eigenvalue weighted by Gasteiger charge is -2.35. The van der Waals surface area contributed by atoms with Crippen LogP contribution in [0.25, 0.3) is 10.4 Å². The van der Waals surface area contributed by atoms with Gasteiger partial charge in [0.05, 0.1) is 12.2 Å². The molecule has 2 aromatic rings. The van der Waals surface area contributed by atoms with Crippen molar-refractivity contribution in [2.75, 3.05) is 12.4 Å². The number of thiophene rings is 1. The van der Waals surface area contributed by atoms with Gasteiger partial charge in [0.2, 0.25) is 5.91 Å². The van der Waals surface area contributed by atoms with Gasteiger partial charge in [0.25, 0.3) is 0 Å². The number of hydrogen-bond donors (Lipinski definition) is 1. The summed E-state index contributed by atoms with van der Waals surface area (Å²) >= 11 is 1.47. The predicted molar refractivity (Wildman–Crippen MR) is 126 cm³/mol. The van der Waals surface area contributed by atoms with E-state index in [2.05, 4.69) is 36.7 Å². The lowest BCUT2D eigenvalue weighted by Crippen LogP contribution is -2.45. The number of amides is 1. The maximum absolute atomic E-state index is 13.3. The molecular formula is C24H31NO5S2. The highest BCUT2D eigenvalue weighted by Crippen LogP contribution is 2.47. The molecule has 1 N–H and O–H groups in total. The molecule has 1 unspecified atom stereocenters. The Morgan fingerprint density at radius 1 is 1.16 bits per heavy atom. The SMILES string of the molecule is CCc1ccc(-c2ccc([C@@]3(CC(=O)NOC4CCCCO4)CCCCS3(=O)=O)s2)cc1. The highest BCUT2D eigenvalue weighted by atomic mass is 32.2. The molecule has 0 bridgehead atoms. The molecule has 32 heavy (non-hydrogen) atoms. The molecular weight excluding hydrogens is 446 g/mol. The van der Waals surface area contributed by atoms with Gasteiger partial charge in [0.1, 0.15) is 4.75 Å². The summed E-state index contributed by atoms with van der Waals surface area (Å²) in [5, 5.41) is 0. The normalized spacial score (nSPS) is 25.3. The maximum atomic E-state index is 13.3. The van der Waals surface area contributed by atoms with E-state index in [1.807, 2.05) is 12.1 Å². The van der Waals surface area contributed by atoms with Gasteiger partial charge in [0, 0.05) is 22.8 Å². The number of carbonyl (C=O) groups excluding carboxylic acids is 1. The summed E-state index contributed by atoms with van der Waals surface area (Å²) in [6.45, 7) is 2.72. The van der Waals surface area contributed by atoms with Crippen LogP contribution in [0.2, 0.25) is 0 Å². The Kier molecular flexibility index (Phi) is 7.34. The second-order valence-electron chi connectivity index (χ2n) is 8.60. The molecule has 1 aromatic carbocycles. The van der Waals surface area contributed by atoms with Crippen LogP contribution < -0.4 is 5.48 Å². The number of rotatable bonds is 7. The van der Waals surface area contributed by atoms with E-state index in [1.165, 1.54) is 16.9 Å². The van der Waals surface area contributed by atoms with Gasteiger partial charge in [0.15, 0.2) is 16.1 Å². The highest BCUT2D eigenvalue weighted by molar-refractivity contribution is 7.92. The monoisotopic (exact) mass is 477 g/mol. The van der Waals surface area contributed by atoms with Crippen molar-refractivity contribution in [3.63, 3.8) is 0 Å². The standard InChI is InChI=1S/C24H31NO5S2/c1-2-18-8-10-19(11-9-18)20-12-13-21(31-20)24(14-4-6-16-32(24,27)28)17-22(26)25-30-23-7-3-5-15-29-23/h8-13,23H,2-7,14-17H2,1H3,(H,25,26)/t23?,24-/m0/s1. The van der Waals surface area contributed by atoms with Crippen LogP contribution in [0.15, 0.2) is 36.4 Å². The van der Waals surface area contributed by atoms with Crippen molar-refractivity contribution in [2.45, 2.75) is 69.3 Å². The average Bonchev–Trinajstić information content (AvgIpc) is 3.30. The van der Waals surface area contributed by atoms with Crippen LogP contribution in [0.4, 0.5) is 0 Å². The van der Waals surface area contributed by atoms with Crippen LogP contribution in [0.1, 0.15) is 62.3 Å². The summed E-state index contributed by atoms with van der Waals surface area (Å²) in [5.41, 5.74) is 4.78. The summed E-state index contributed by atoms with van der Waals surface area (Å²) in [4.78, 5) is 20.0. The first-order valence-electron chi connectivity index (χ1n) is 11.4. The fourth-order valence-corrected chi connectivity index (χ4v) is 8.27. The van der Waals surface area contributed by atoms with Gasteiger partial charge >= 0.3 is 0 Å². The minimum Gasteiger partial charge on any atom is -0.350 e. The molecule has 6 nitrogen and oxygen atoms in total. The van der Waals surface area contributed by atoms with Crippen LogP contribution in [0, 0.1) is 0 Å². The predicted octanol–water partition coefficient (Wildman–Crippen LogP) is 4.74. The summed E-state index contributed by atoms with van der Waals surface area (Å²) in [7, 11) is -3.49. The molecule has 2 aliphatic heterocycles. The number of carbonyl (C=O) groups is 1. The smallest absolute Gasteiger partial charge is 0.245 e. The van der Waals surface area contributed by atoms with Crippen molar-refractivity contribution in [2.24, 2.45) is 0 Å². The molecule has 2 atom stereocenters. The van der Waals surface area contributed by atoms with Crippen molar-refractivity contribution in [1.82, 2.24) is 5.48 Å². The zero-order valence-corrected chi connectivity index (χ0v) is 20.1. The van der Waals surface area contributed by atoms with Crippen LogP contribution in [0.3, 0.4) is 0 Å². The van der Waals surface area contributed by atoms with Gasteiger partial charge in [-0.05, 0) is 55.4 Å². The first-order valence-corrected chi connectivity index (χ1v) is 13.9. The number of benzene rings is 1. The maximum Gasteiger partial charge on any atom is 0.245 e. The Morgan fingerprint density at radius 3 is 2.66 bits per heavy atom. The van der Waals surface area contributed by atoms with E-state index < -0.39 is 26.8 Å². The van der Waals surface area contributed by atoms with Crippen LogP contribution in [0.5, 0.6) is 0 Å². The average molecular weight is 478 g/mol. The van der Waals surface area contributed by atoms with E-state index in [-0.39, 0.29) is 12.2 Å². The van der Waals surface area contributed by atoms with Gasteiger partial charge < -0.3 is 4.74 Å². The Labute approximate surface area is 194 Å². The second kappa shape index (κ2) is 10.0. The topological polar surface area (TPSA) is 81.7 Å². The van der Waals surface area contributed by atoms with E-state index in [9.17, 15) is 13.2 Å². The molecule has 4 rings (SSSR count). The largest absolute Gasteiger partial charge is 0.350 e. The minimum atomic E-state index is -3.49. The van der Waals surface area contributed by atoms with E-state index in [0.717, 1.165) is 47.4 Å². The van der Waals surface area contributed by atoms with Gasteiger partial charge in [-0.15, -0.1) is 11.3 Å². The molecule has 2 saturated heterocycles. The second-order valence-corrected chi connectivity index (χ2v) is 12.1. The summed E-state index contributed by atoms with van der Waals surface area (Å²) in [6.07, 6.45) is 4.90. The van der Waals surface area contributed by atoms with Crippen LogP contribution in [-0.4, -0.2) is 33.0 Å². The quantitative estimate of drug-likeness (QED) is 0.583. The van der Waals surface area contributed by atoms with Gasteiger partial charge in [-0.3, -0.25) is 4.79 Å². The molecule has 0 saturated carbocycles. The van der Waals surface area contributed by atoms with Crippen molar-refractivity contribution in [3.05, 3.63) is 46.8 Å². The molecule has 0 radical (unpaired) electrons. The van der Waals surface area contributed by atoms with Crippen LogP contribution in [-0.2, 0) is 35.4 Å². The summed E-state index contributed by atoms with van der Waals surface area (Å²) < 4.78 is 30.9. The Bertz CT molecular complexity index is 1020. The molecule has 0 aliphatic carbocycles. The number of sulfone groups is 1. The third kappa shape index (κ3) is 4.93. The van der Waals surface area contributed by atoms with Crippen molar-refractivity contribution in [3.8, 4) is 10.4 Å². The summed E-state index contributed by atoms with van der Waals surface area (Å²) in [5.74, 6) is -0.322. The molecule has 2 fully saturated rings. The molecule has 1 amide bonds. The molecule has 174 valence electrons. The Balaban J connectivity index is 1.56. The lowest BCUT2D eigenvalue weighted by molar-refractivity contribution is -0.200. The molecule has 3 heterocycles. The molecule has 1 aromatic heterocycles. The summed E-state index contributed by atoms with van der Waals surface area (Å²) in [6, 6.07) is 12.2. The number of ether oxygens (including phenoxy) is 1. The zero-order chi connectivity index (χ0) is 22.6. The van der Waals surface area contributed by atoms with E-state index in [4.69, 9.17) is 9.57 Å². The fraction of sp³-hybridized carbons (Fsp3) is 0.542. The molecule has 2 aliphatic rings. The number of nitrogens with one attached hydrogen (secondary N) is 1. The lowest BCUT2D eigenvalue weighted by atomic mass is 9.94.